The normalized spacial score (nSPS) is 15.1. The second-order valence-electron chi connectivity index (χ2n) is 4.22. The Hall–Kier alpha value is -1.51. The summed E-state index contributed by atoms with van der Waals surface area (Å²) < 4.78 is 2.17. The lowest BCUT2D eigenvalue weighted by Crippen LogP contribution is -2.13. The van der Waals surface area contributed by atoms with Crippen molar-refractivity contribution in [1.29, 1.82) is 0 Å². The number of pyridine rings is 1. The molecule has 0 atom stereocenters. The highest BCUT2D eigenvalue weighted by atomic mass is 15.1. The third-order valence-electron chi connectivity index (χ3n) is 3.28. The van der Waals surface area contributed by atoms with Gasteiger partial charge in [0.15, 0.2) is 5.65 Å². The molecule has 0 aliphatic carbocycles. The van der Waals surface area contributed by atoms with E-state index in [2.05, 4.69) is 40.8 Å². The first-order valence-corrected chi connectivity index (χ1v) is 5.48. The summed E-state index contributed by atoms with van der Waals surface area (Å²) in [5, 5.41) is 3.46. The molecule has 0 spiro atoms. The van der Waals surface area contributed by atoms with E-state index in [0.717, 1.165) is 17.9 Å². The van der Waals surface area contributed by atoms with Gasteiger partial charge in [-0.3, -0.25) is 0 Å². The van der Waals surface area contributed by atoms with Gasteiger partial charge in [-0.15, -0.1) is 0 Å². The lowest BCUT2D eigenvalue weighted by atomic mass is 10.1. The average Bonchev–Trinajstić information content (AvgIpc) is 2.56. The fourth-order valence-electron chi connectivity index (χ4n) is 2.27. The highest BCUT2D eigenvalue weighted by Gasteiger charge is 2.15. The van der Waals surface area contributed by atoms with Crippen molar-refractivity contribution < 1.29 is 0 Å². The van der Waals surface area contributed by atoms with Crippen molar-refractivity contribution in [1.82, 2.24) is 9.38 Å². The van der Waals surface area contributed by atoms with Crippen LogP contribution < -0.4 is 5.32 Å². The molecule has 2 aromatic rings. The summed E-state index contributed by atoms with van der Waals surface area (Å²) in [6, 6.07) is 2.21. The molecule has 3 heterocycles. The molecule has 1 aliphatic rings. The zero-order chi connectivity index (χ0) is 10.4. The van der Waals surface area contributed by atoms with Crippen LogP contribution in [0, 0.1) is 13.8 Å². The molecule has 1 aliphatic heterocycles. The SMILES string of the molecule is Cc1nc2c3c(ccn2c1C)CCCN3. The highest BCUT2D eigenvalue weighted by molar-refractivity contribution is 5.73. The lowest BCUT2D eigenvalue weighted by molar-refractivity contribution is 0.826. The minimum atomic E-state index is 1.07. The van der Waals surface area contributed by atoms with E-state index in [-0.39, 0.29) is 0 Å². The van der Waals surface area contributed by atoms with Gasteiger partial charge < -0.3 is 9.72 Å². The molecule has 0 saturated heterocycles. The summed E-state index contributed by atoms with van der Waals surface area (Å²) >= 11 is 0. The first-order valence-electron chi connectivity index (χ1n) is 5.48. The molecule has 15 heavy (non-hydrogen) atoms. The number of aromatic nitrogens is 2. The van der Waals surface area contributed by atoms with Crippen molar-refractivity contribution in [3.63, 3.8) is 0 Å². The second-order valence-corrected chi connectivity index (χ2v) is 4.22. The van der Waals surface area contributed by atoms with Gasteiger partial charge in [-0.05, 0) is 38.3 Å². The molecule has 0 radical (unpaired) electrons. The molecule has 0 aromatic carbocycles. The van der Waals surface area contributed by atoms with E-state index in [1.807, 2.05) is 0 Å². The van der Waals surface area contributed by atoms with Gasteiger partial charge >= 0.3 is 0 Å². The maximum Gasteiger partial charge on any atom is 0.161 e. The molecular weight excluding hydrogens is 186 g/mol. The van der Waals surface area contributed by atoms with Crippen LogP contribution in [-0.2, 0) is 6.42 Å². The van der Waals surface area contributed by atoms with Crippen molar-refractivity contribution in [3.05, 3.63) is 29.2 Å². The Labute approximate surface area is 89.1 Å². The van der Waals surface area contributed by atoms with Crippen molar-refractivity contribution in [2.24, 2.45) is 0 Å². The van der Waals surface area contributed by atoms with Crippen LogP contribution in [0.2, 0.25) is 0 Å². The Bertz CT molecular complexity index is 525. The van der Waals surface area contributed by atoms with E-state index in [1.54, 1.807) is 0 Å². The topological polar surface area (TPSA) is 29.3 Å². The predicted octanol–water partition coefficient (Wildman–Crippen LogP) is 2.31. The Balaban J connectivity index is 2.36. The van der Waals surface area contributed by atoms with Crippen LogP contribution in [0.15, 0.2) is 12.3 Å². The number of nitrogens with one attached hydrogen (secondary N) is 1. The third kappa shape index (κ3) is 1.16. The van der Waals surface area contributed by atoms with Crippen molar-refractivity contribution in [2.75, 3.05) is 11.9 Å². The van der Waals surface area contributed by atoms with Crippen molar-refractivity contribution in [3.8, 4) is 0 Å². The fourth-order valence-corrected chi connectivity index (χ4v) is 2.27. The van der Waals surface area contributed by atoms with E-state index in [1.165, 1.54) is 29.8 Å². The molecule has 1 N–H and O–H groups in total. The van der Waals surface area contributed by atoms with Gasteiger partial charge in [0.05, 0.1) is 11.4 Å². The Morgan fingerprint density at radius 2 is 2.27 bits per heavy atom. The maximum absolute atomic E-state index is 4.63. The van der Waals surface area contributed by atoms with Gasteiger partial charge in [0.1, 0.15) is 0 Å². The fraction of sp³-hybridized carbons (Fsp3) is 0.417. The van der Waals surface area contributed by atoms with Crippen LogP contribution in [0.4, 0.5) is 5.69 Å². The highest BCUT2D eigenvalue weighted by Crippen LogP contribution is 2.27. The molecule has 0 bridgehead atoms. The molecule has 0 unspecified atom stereocenters. The number of anilines is 1. The largest absolute Gasteiger partial charge is 0.382 e. The number of aryl methyl sites for hydroxylation is 3. The summed E-state index contributed by atoms with van der Waals surface area (Å²) in [5.41, 5.74) is 6.08. The number of fused-ring (bicyclic) bond motifs is 3. The van der Waals surface area contributed by atoms with Gasteiger partial charge in [0.2, 0.25) is 0 Å². The van der Waals surface area contributed by atoms with E-state index in [0.29, 0.717) is 0 Å². The van der Waals surface area contributed by atoms with E-state index in [4.69, 9.17) is 0 Å². The zero-order valence-corrected chi connectivity index (χ0v) is 9.17. The Morgan fingerprint density at radius 3 is 3.13 bits per heavy atom. The number of nitrogens with zero attached hydrogens (tertiary/aromatic N) is 2. The Morgan fingerprint density at radius 1 is 1.40 bits per heavy atom. The standard InChI is InChI=1S/C12H15N3/c1-8-9(2)15-7-5-10-4-3-6-13-11(10)12(15)14-8/h5,7,13H,3-4,6H2,1-2H3. The third-order valence-corrected chi connectivity index (χ3v) is 3.28. The van der Waals surface area contributed by atoms with Crippen LogP contribution in [0.25, 0.3) is 5.65 Å². The van der Waals surface area contributed by atoms with E-state index in [9.17, 15) is 0 Å². The first-order chi connectivity index (χ1) is 7.27. The molecule has 3 rings (SSSR count). The van der Waals surface area contributed by atoms with Gasteiger partial charge in [-0.2, -0.15) is 0 Å². The number of imidazole rings is 1. The summed E-state index contributed by atoms with van der Waals surface area (Å²) in [7, 11) is 0. The molecule has 2 aromatic heterocycles. The summed E-state index contributed by atoms with van der Waals surface area (Å²) in [4.78, 5) is 4.63. The Kier molecular flexibility index (Phi) is 1.75. The van der Waals surface area contributed by atoms with Crippen molar-refractivity contribution >= 4 is 11.3 Å². The molecule has 0 fully saturated rings. The molecule has 3 nitrogen and oxygen atoms in total. The number of hydrogen-bond donors (Lipinski definition) is 1. The minimum Gasteiger partial charge on any atom is -0.382 e. The monoisotopic (exact) mass is 201 g/mol. The van der Waals surface area contributed by atoms with Crippen LogP contribution in [0.1, 0.15) is 23.4 Å². The average molecular weight is 201 g/mol. The lowest BCUT2D eigenvalue weighted by Gasteiger charge is -2.18. The number of rotatable bonds is 0. The number of hydrogen-bond acceptors (Lipinski definition) is 2. The van der Waals surface area contributed by atoms with Crippen LogP contribution in [-0.4, -0.2) is 15.9 Å². The molecular formula is C12H15N3. The predicted molar refractivity (Wildman–Crippen MR) is 61.5 cm³/mol. The second kappa shape index (κ2) is 2.99. The maximum atomic E-state index is 4.63. The van der Waals surface area contributed by atoms with Gasteiger partial charge in [0.25, 0.3) is 0 Å². The summed E-state index contributed by atoms with van der Waals surface area (Å²) in [6.45, 7) is 5.25. The van der Waals surface area contributed by atoms with Gasteiger partial charge in [-0.25, -0.2) is 4.98 Å². The molecule has 78 valence electrons. The first kappa shape index (κ1) is 8.77. The zero-order valence-electron chi connectivity index (χ0n) is 9.17. The van der Waals surface area contributed by atoms with Gasteiger partial charge in [0, 0.05) is 18.4 Å². The van der Waals surface area contributed by atoms with E-state index >= 15 is 0 Å². The smallest absolute Gasteiger partial charge is 0.161 e. The van der Waals surface area contributed by atoms with Gasteiger partial charge in [-0.1, -0.05) is 0 Å². The molecule has 0 saturated carbocycles. The molecule has 3 heteroatoms. The van der Waals surface area contributed by atoms with E-state index < -0.39 is 0 Å². The quantitative estimate of drug-likeness (QED) is 0.708. The summed E-state index contributed by atoms with van der Waals surface area (Å²) in [5.74, 6) is 0. The minimum absolute atomic E-state index is 1.07. The summed E-state index contributed by atoms with van der Waals surface area (Å²) in [6.07, 6.45) is 4.53. The van der Waals surface area contributed by atoms with Crippen LogP contribution >= 0.6 is 0 Å². The van der Waals surface area contributed by atoms with Crippen molar-refractivity contribution in [2.45, 2.75) is 26.7 Å². The molecule has 0 amide bonds. The van der Waals surface area contributed by atoms with Crippen LogP contribution in [0.5, 0.6) is 0 Å². The van der Waals surface area contributed by atoms with Crippen LogP contribution in [0.3, 0.4) is 0 Å².